The quantitative estimate of drug-likeness (QED) is 0.597. The second-order valence-electron chi connectivity index (χ2n) is 9.74. The molecule has 1 aliphatic carbocycles. The molecular formula is C26H35N3O5S. The lowest BCUT2D eigenvalue weighted by atomic mass is 9.89. The summed E-state index contributed by atoms with van der Waals surface area (Å²) >= 11 is 0. The molecule has 2 aromatic rings. The van der Waals surface area contributed by atoms with E-state index in [2.05, 4.69) is 10.2 Å². The third-order valence-corrected chi connectivity index (χ3v) is 8.08. The van der Waals surface area contributed by atoms with Gasteiger partial charge in [-0.05, 0) is 61.9 Å². The van der Waals surface area contributed by atoms with E-state index in [0.29, 0.717) is 23.9 Å². The summed E-state index contributed by atoms with van der Waals surface area (Å²) in [5, 5.41) is 3.11. The van der Waals surface area contributed by atoms with E-state index in [4.69, 9.17) is 4.74 Å². The Morgan fingerprint density at radius 3 is 2.34 bits per heavy atom. The van der Waals surface area contributed by atoms with Gasteiger partial charge >= 0.3 is 0 Å². The molecule has 0 bridgehead atoms. The fraction of sp³-hybridized carbons (Fsp3) is 0.538. The summed E-state index contributed by atoms with van der Waals surface area (Å²) in [6.07, 6.45) is 10.7. The average molecular weight is 502 g/mol. The lowest BCUT2D eigenvalue weighted by Crippen LogP contribution is -2.44. The molecule has 1 aromatic carbocycles. The lowest BCUT2D eigenvalue weighted by Gasteiger charge is -2.32. The second kappa shape index (κ2) is 11.4. The van der Waals surface area contributed by atoms with Crippen molar-refractivity contribution in [1.29, 1.82) is 0 Å². The number of hydrogen-bond acceptors (Lipinski definition) is 6. The van der Waals surface area contributed by atoms with Crippen molar-refractivity contribution in [2.75, 3.05) is 32.4 Å². The van der Waals surface area contributed by atoms with Crippen LogP contribution in [0.2, 0.25) is 0 Å². The SMILES string of the molecule is CS(=O)(=O)c1ccc(-n2ccc(OC3CCN(CC(=O)NCC4CCCCC4)CC3)cc2=O)cc1. The molecule has 1 saturated heterocycles. The predicted octanol–water partition coefficient (Wildman–Crippen LogP) is 2.78. The van der Waals surface area contributed by atoms with Gasteiger partial charge in [-0.3, -0.25) is 19.1 Å². The average Bonchev–Trinajstić information content (AvgIpc) is 2.84. The number of carbonyl (C=O) groups is 1. The maximum atomic E-state index is 12.6. The molecule has 9 heteroatoms. The topological polar surface area (TPSA) is 97.7 Å². The Bertz CT molecular complexity index is 1160. The minimum Gasteiger partial charge on any atom is -0.490 e. The van der Waals surface area contributed by atoms with E-state index < -0.39 is 9.84 Å². The van der Waals surface area contributed by atoms with E-state index in [0.717, 1.165) is 38.7 Å². The minimum atomic E-state index is -3.29. The molecule has 0 spiro atoms. The summed E-state index contributed by atoms with van der Waals surface area (Å²) in [6.45, 7) is 2.79. The molecule has 1 amide bonds. The van der Waals surface area contributed by atoms with Crippen LogP contribution in [-0.4, -0.2) is 62.3 Å². The molecule has 2 heterocycles. The highest BCUT2D eigenvalue weighted by molar-refractivity contribution is 7.90. The molecule has 8 nitrogen and oxygen atoms in total. The number of hydrogen-bond donors (Lipinski definition) is 1. The van der Waals surface area contributed by atoms with Gasteiger partial charge in [-0.1, -0.05) is 19.3 Å². The van der Waals surface area contributed by atoms with Gasteiger partial charge in [0.25, 0.3) is 5.56 Å². The zero-order chi connectivity index (χ0) is 24.8. The van der Waals surface area contributed by atoms with Gasteiger partial charge in [-0.25, -0.2) is 8.42 Å². The second-order valence-corrected chi connectivity index (χ2v) is 11.8. The molecule has 0 unspecified atom stereocenters. The summed E-state index contributed by atoms with van der Waals surface area (Å²) in [7, 11) is -3.29. The van der Waals surface area contributed by atoms with Gasteiger partial charge in [0.2, 0.25) is 5.91 Å². The van der Waals surface area contributed by atoms with Gasteiger partial charge < -0.3 is 10.1 Å². The number of nitrogens with one attached hydrogen (secondary N) is 1. The van der Waals surface area contributed by atoms with Crippen molar-refractivity contribution >= 4 is 15.7 Å². The molecule has 1 aliphatic heterocycles. The van der Waals surface area contributed by atoms with Crippen LogP contribution in [0.4, 0.5) is 0 Å². The Balaban J connectivity index is 1.24. The largest absolute Gasteiger partial charge is 0.490 e. The fourth-order valence-electron chi connectivity index (χ4n) is 4.89. The Kier molecular flexibility index (Phi) is 8.28. The third kappa shape index (κ3) is 7.18. The first kappa shape index (κ1) is 25.4. The number of sulfone groups is 1. The van der Waals surface area contributed by atoms with Crippen molar-refractivity contribution in [2.45, 2.75) is 55.9 Å². The highest BCUT2D eigenvalue weighted by Gasteiger charge is 2.23. The number of piperidine rings is 1. The fourth-order valence-corrected chi connectivity index (χ4v) is 5.52. The molecule has 35 heavy (non-hydrogen) atoms. The van der Waals surface area contributed by atoms with Crippen molar-refractivity contribution in [1.82, 2.24) is 14.8 Å². The highest BCUT2D eigenvalue weighted by Crippen LogP contribution is 2.23. The standard InChI is InChI=1S/C26H35N3O5S/c1-35(32,33)24-9-7-21(8-10-24)29-16-13-23(17-26(29)31)34-22-11-14-28(15-12-22)19-25(30)27-18-20-5-3-2-4-6-20/h7-10,13,16-17,20,22H,2-6,11-12,14-15,18-19H2,1H3,(H,27,30). The first-order chi connectivity index (χ1) is 16.8. The van der Waals surface area contributed by atoms with E-state index in [1.807, 2.05) is 0 Å². The van der Waals surface area contributed by atoms with Crippen molar-refractivity contribution in [2.24, 2.45) is 5.92 Å². The van der Waals surface area contributed by atoms with Crippen LogP contribution in [0, 0.1) is 5.92 Å². The Labute approximate surface area is 207 Å². The summed E-state index contributed by atoms with van der Waals surface area (Å²) in [5.74, 6) is 1.25. The summed E-state index contributed by atoms with van der Waals surface area (Å²) in [4.78, 5) is 27.3. The smallest absolute Gasteiger partial charge is 0.258 e. The van der Waals surface area contributed by atoms with Crippen LogP contribution in [0.5, 0.6) is 5.75 Å². The Morgan fingerprint density at radius 1 is 1.03 bits per heavy atom. The number of pyridine rings is 1. The van der Waals surface area contributed by atoms with Crippen LogP contribution in [-0.2, 0) is 14.6 Å². The van der Waals surface area contributed by atoms with Crippen LogP contribution in [0.25, 0.3) is 5.69 Å². The van der Waals surface area contributed by atoms with Crippen molar-refractivity contribution in [3.63, 3.8) is 0 Å². The molecular weight excluding hydrogens is 466 g/mol. The van der Waals surface area contributed by atoms with Crippen molar-refractivity contribution in [3.8, 4) is 11.4 Å². The van der Waals surface area contributed by atoms with Gasteiger partial charge in [0, 0.05) is 43.8 Å². The molecule has 190 valence electrons. The highest BCUT2D eigenvalue weighted by atomic mass is 32.2. The molecule has 0 atom stereocenters. The van der Waals surface area contributed by atoms with Crippen molar-refractivity contribution in [3.05, 3.63) is 52.9 Å². The third-order valence-electron chi connectivity index (χ3n) is 6.95. The molecule has 4 rings (SSSR count). The Hall–Kier alpha value is -2.65. The molecule has 2 fully saturated rings. The van der Waals surface area contributed by atoms with Crippen LogP contribution in [0.3, 0.4) is 0 Å². The maximum Gasteiger partial charge on any atom is 0.258 e. The number of aromatic nitrogens is 1. The van der Waals surface area contributed by atoms with Gasteiger partial charge in [0.1, 0.15) is 11.9 Å². The lowest BCUT2D eigenvalue weighted by molar-refractivity contribution is -0.123. The molecule has 2 aliphatic rings. The van der Waals surface area contributed by atoms with Gasteiger partial charge in [-0.15, -0.1) is 0 Å². The van der Waals surface area contributed by atoms with Crippen LogP contribution in [0.1, 0.15) is 44.9 Å². The van der Waals surface area contributed by atoms with Crippen LogP contribution >= 0.6 is 0 Å². The number of amides is 1. The molecule has 1 aromatic heterocycles. The number of carbonyl (C=O) groups excluding carboxylic acids is 1. The Morgan fingerprint density at radius 2 is 1.71 bits per heavy atom. The number of rotatable bonds is 8. The van der Waals surface area contributed by atoms with E-state index in [-0.39, 0.29) is 22.5 Å². The molecule has 0 radical (unpaired) electrons. The van der Waals surface area contributed by atoms with Gasteiger partial charge in [-0.2, -0.15) is 0 Å². The van der Waals surface area contributed by atoms with E-state index in [1.165, 1.54) is 54.9 Å². The number of ether oxygens (including phenoxy) is 1. The zero-order valence-corrected chi connectivity index (χ0v) is 21.1. The minimum absolute atomic E-state index is 0.000782. The van der Waals surface area contributed by atoms with Crippen molar-refractivity contribution < 1.29 is 17.9 Å². The molecule has 1 N–H and O–H groups in total. The predicted molar refractivity (Wildman–Crippen MR) is 135 cm³/mol. The first-order valence-electron chi connectivity index (χ1n) is 12.5. The number of benzene rings is 1. The van der Waals surface area contributed by atoms with E-state index in [1.54, 1.807) is 24.4 Å². The maximum absolute atomic E-state index is 12.6. The normalized spacial score (nSPS) is 18.3. The van der Waals surface area contributed by atoms with E-state index >= 15 is 0 Å². The first-order valence-corrected chi connectivity index (χ1v) is 14.4. The van der Waals surface area contributed by atoms with Crippen LogP contribution in [0.15, 0.2) is 52.3 Å². The number of likely N-dealkylation sites (tertiary alicyclic amines) is 1. The summed E-state index contributed by atoms with van der Waals surface area (Å²) < 4.78 is 30.8. The van der Waals surface area contributed by atoms with Crippen LogP contribution < -0.4 is 15.6 Å². The van der Waals surface area contributed by atoms with E-state index in [9.17, 15) is 18.0 Å². The monoisotopic (exact) mass is 501 g/mol. The van der Waals surface area contributed by atoms with Gasteiger partial charge in [0.05, 0.1) is 11.4 Å². The summed E-state index contributed by atoms with van der Waals surface area (Å²) in [5.41, 5.74) is 0.339. The molecule has 1 saturated carbocycles. The number of nitrogens with zero attached hydrogens (tertiary/aromatic N) is 2. The van der Waals surface area contributed by atoms with Gasteiger partial charge in [0.15, 0.2) is 9.84 Å². The summed E-state index contributed by atoms with van der Waals surface area (Å²) in [6, 6.07) is 9.41. The zero-order valence-electron chi connectivity index (χ0n) is 20.3.